The summed E-state index contributed by atoms with van der Waals surface area (Å²) in [6, 6.07) is 9.66. The molecule has 3 saturated heterocycles. The topological polar surface area (TPSA) is 43.8 Å². The van der Waals surface area contributed by atoms with Crippen molar-refractivity contribution in [1.82, 2.24) is 9.80 Å². The number of amides is 1. The molecule has 118 valence electrons. The van der Waals surface area contributed by atoms with Crippen molar-refractivity contribution in [1.29, 1.82) is 0 Å². The van der Waals surface area contributed by atoms with Gasteiger partial charge in [-0.1, -0.05) is 24.3 Å². The molecule has 22 heavy (non-hydrogen) atoms. The Kier molecular flexibility index (Phi) is 3.66. The Labute approximate surface area is 131 Å². The van der Waals surface area contributed by atoms with Crippen molar-refractivity contribution in [3.05, 3.63) is 35.4 Å². The van der Waals surface area contributed by atoms with E-state index >= 15 is 0 Å². The van der Waals surface area contributed by atoms with Gasteiger partial charge in [-0.2, -0.15) is 0 Å². The molecular weight excluding hydrogens is 276 g/mol. The maximum atomic E-state index is 12.0. The summed E-state index contributed by atoms with van der Waals surface area (Å²) in [6.07, 6.45) is 4.59. The van der Waals surface area contributed by atoms with Crippen molar-refractivity contribution in [2.24, 2.45) is 5.92 Å². The maximum Gasteiger partial charge on any atom is 0.248 e. The molecule has 4 heteroatoms. The highest BCUT2D eigenvalue weighted by Crippen LogP contribution is 2.32. The minimum absolute atomic E-state index is 0.0914. The lowest BCUT2D eigenvalue weighted by molar-refractivity contribution is -0.138. The van der Waals surface area contributed by atoms with Crippen LogP contribution in [0.1, 0.15) is 24.0 Å². The fourth-order valence-corrected chi connectivity index (χ4v) is 4.61. The lowest BCUT2D eigenvalue weighted by Crippen LogP contribution is -2.49. The van der Waals surface area contributed by atoms with Crippen molar-refractivity contribution in [2.75, 3.05) is 26.2 Å². The second-order valence-corrected chi connectivity index (χ2v) is 7.09. The summed E-state index contributed by atoms with van der Waals surface area (Å²) in [6.45, 7) is 2.56. The third kappa shape index (κ3) is 2.44. The standard InChI is InChI=1S/C18H24N2O2/c21-12-18(22)20-10-13-5-6-16(20)11-19(9-13)17-7-14-3-1-2-4-15(14)8-17/h1-4,13,16-17,21H,5-12H2/t13-,16+/m1/s1. The van der Waals surface area contributed by atoms with E-state index in [0.29, 0.717) is 18.0 Å². The number of aliphatic hydroxyl groups is 1. The number of piperidine rings is 1. The number of hydrogen-bond donors (Lipinski definition) is 1. The predicted molar refractivity (Wildman–Crippen MR) is 84.5 cm³/mol. The molecule has 0 spiro atoms. The van der Waals surface area contributed by atoms with Crippen LogP contribution in [0.5, 0.6) is 0 Å². The van der Waals surface area contributed by atoms with Gasteiger partial charge < -0.3 is 10.0 Å². The summed E-state index contributed by atoms with van der Waals surface area (Å²) in [4.78, 5) is 16.5. The SMILES string of the molecule is O=C(CO)N1C[C@@H]2CC[C@H]1CN(C1Cc3ccccc3C1)C2. The zero-order chi connectivity index (χ0) is 15.1. The van der Waals surface area contributed by atoms with Crippen molar-refractivity contribution in [2.45, 2.75) is 37.8 Å². The normalized spacial score (nSPS) is 28.7. The number of benzene rings is 1. The van der Waals surface area contributed by atoms with Crippen LogP contribution in [-0.2, 0) is 17.6 Å². The molecule has 2 atom stereocenters. The van der Waals surface area contributed by atoms with Gasteiger partial charge in [0.1, 0.15) is 6.61 Å². The average Bonchev–Trinajstić information content (AvgIpc) is 2.77. The molecule has 1 aliphatic carbocycles. The molecule has 0 unspecified atom stereocenters. The minimum atomic E-state index is -0.349. The minimum Gasteiger partial charge on any atom is -0.387 e. The monoisotopic (exact) mass is 300 g/mol. The Morgan fingerprint density at radius 1 is 1.05 bits per heavy atom. The van der Waals surface area contributed by atoms with Gasteiger partial charge in [-0.05, 0) is 42.7 Å². The Balaban J connectivity index is 1.50. The molecule has 0 saturated carbocycles. The molecule has 3 aliphatic heterocycles. The second-order valence-electron chi connectivity index (χ2n) is 7.09. The lowest BCUT2D eigenvalue weighted by Gasteiger charge is -2.36. The third-order valence-corrected chi connectivity index (χ3v) is 5.74. The van der Waals surface area contributed by atoms with E-state index in [0.717, 1.165) is 38.9 Å². The number of carbonyl (C=O) groups excluding carboxylic acids is 1. The molecule has 1 N–H and O–H groups in total. The largest absolute Gasteiger partial charge is 0.387 e. The summed E-state index contributed by atoms with van der Waals surface area (Å²) in [5.41, 5.74) is 2.99. The van der Waals surface area contributed by atoms with Crippen LogP contribution in [0.4, 0.5) is 0 Å². The molecule has 4 aliphatic rings. The van der Waals surface area contributed by atoms with E-state index in [1.807, 2.05) is 4.90 Å². The smallest absolute Gasteiger partial charge is 0.248 e. The van der Waals surface area contributed by atoms with Crippen LogP contribution in [0.25, 0.3) is 0 Å². The van der Waals surface area contributed by atoms with Gasteiger partial charge in [0.15, 0.2) is 0 Å². The highest BCUT2D eigenvalue weighted by atomic mass is 16.3. The first kappa shape index (κ1) is 14.2. The maximum absolute atomic E-state index is 12.0. The Hall–Kier alpha value is -1.39. The summed E-state index contributed by atoms with van der Waals surface area (Å²) in [7, 11) is 0. The Morgan fingerprint density at radius 2 is 1.77 bits per heavy atom. The van der Waals surface area contributed by atoms with Gasteiger partial charge in [0.2, 0.25) is 5.91 Å². The molecular formula is C18H24N2O2. The molecule has 4 nitrogen and oxygen atoms in total. The van der Waals surface area contributed by atoms with Gasteiger partial charge in [0.25, 0.3) is 0 Å². The Morgan fingerprint density at radius 3 is 2.45 bits per heavy atom. The summed E-state index contributed by atoms with van der Waals surface area (Å²) in [5, 5.41) is 9.20. The van der Waals surface area contributed by atoms with E-state index in [2.05, 4.69) is 29.2 Å². The van der Waals surface area contributed by atoms with Crippen molar-refractivity contribution in [3.63, 3.8) is 0 Å². The molecule has 0 radical (unpaired) electrons. The van der Waals surface area contributed by atoms with Gasteiger partial charge in [0.05, 0.1) is 0 Å². The molecule has 1 aromatic carbocycles. The van der Waals surface area contributed by atoms with Crippen LogP contribution in [0, 0.1) is 5.92 Å². The van der Waals surface area contributed by atoms with Gasteiger partial charge in [-0.25, -0.2) is 0 Å². The molecule has 3 heterocycles. The first-order valence-electron chi connectivity index (χ1n) is 8.45. The number of nitrogens with zero attached hydrogens (tertiary/aromatic N) is 2. The zero-order valence-electron chi connectivity index (χ0n) is 12.9. The average molecular weight is 300 g/mol. The fourth-order valence-electron chi connectivity index (χ4n) is 4.61. The highest BCUT2D eigenvalue weighted by molar-refractivity contribution is 5.77. The number of rotatable bonds is 2. The van der Waals surface area contributed by atoms with Crippen LogP contribution >= 0.6 is 0 Å². The second kappa shape index (κ2) is 5.67. The Bertz CT molecular complexity index is 549. The van der Waals surface area contributed by atoms with E-state index in [-0.39, 0.29) is 12.5 Å². The van der Waals surface area contributed by atoms with Crippen LogP contribution in [0.15, 0.2) is 24.3 Å². The number of fused-ring (bicyclic) bond motifs is 5. The predicted octanol–water partition coefficient (Wildman–Crippen LogP) is 1.07. The molecule has 2 bridgehead atoms. The van der Waals surface area contributed by atoms with Gasteiger partial charge in [0, 0.05) is 31.7 Å². The van der Waals surface area contributed by atoms with E-state index in [1.165, 1.54) is 17.5 Å². The first-order chi connectivity index (χ1) is 10.7. The summed E-state index contributed by atoms with van der Waals surface area (Å²) in [5.74, 6) is 0.476. The molecule has 5 rings (SSSR count). The fraction of sp³-hybridized carbons (Fsp3) is 0.611. The highest BCUT2D eigenvalue weighted by Gasteiger charge is 2.39. The number of aliphatic hydroxyl groups excluding tert-OH is 1. The summed E-state index contributed by atoms with van der Waals surface area (Å²) < 4.78 is 0. The van der Waals surface area contributed by atoms with Crippen LogP contribution in [-0.4, -0.2) is 59.1 Å². The van der Waals surface area contributed by atoms with Crippen LogP contribution in [0.3, 0.4) is 0 Å². The third-order valence-electron chi connectivity index (χ3n) is 5.74. The molecule has 0 aromatic heterocycles. The van der Waals surface area contributed by atoms with Crippen molar-refractivity contribution < 1.29 is 9.90 Å². The zero-order valence-corrected chi connectivity index (χ0v) is 12.9. The van der Waals surface area contributed by atoms with Crippen molar-refractivity contribution in [3.8, 4) is 0 Å². The van der Waals surface area contributed by atoms with E-state index in [9.17, 15) is 9.90 Å². The number of hydrogen-bond acceptors (Lipinski definition) is 3. The first-order valence-corrected chi connectivity index (χ1v) is 8.45. The van der Waals surface area contributed by atoms with E-state index in [1.54, 1.807) is 0 Å². The molecule has 3 fully saturated rings. The van der Waals surface area contributed by atoms with E-state index in [4.69, 9.17) is 0 Å². The van der Waals surface area contributed by atoms with Crippen LogP contribution in [0.2, 0.25) is 0 Å². The number of carbonyl (C=O) groups is 1. The quantitative estimate of drug-likeness (QED) is 0.888. The van der Waals surface area contributed by atoms with Gasteiger partial charge in [-0.3, -0.25) is 9.69 Å². The molecule has 1 aromatic rings. The van der Waals surface area contributed by atoms with Crippen molar-refractivity contribution >= 4 is 5.91 Å². The van der Waals surface area contributed by atoms with E-state index < -0.39 is 0 Å². The summed E-state index contributed by atoms with van der Waals surface area (Å²) >= 11 is 0. The van der Waals surface area contributed by atoms with Gasteiger partial charge >= 0.3 is 0 Å². The lowest BCUT2D eigenvalue weighted by atomic mass is 9.95. The van der Waals surface area contributed by atoms with Crippen LogP contribution < -0.4 is 0 Å². The molecule has 1 amide bonds. The van der Waals surface area contributed by atoms with Gasteiger partial charge in [-0.15, -0.1) is 0 Å².